The lowest BCUT2D eigenvalue weighted by Crippen LogP contribution is -1.93. The van der Waals surface area contributed by atoms with Crippen molar-refractivity contribution < 1.29 is 4.42 Å². The molecule has 0 atom stereocenters. The summed E-state index contributed by atoms with van der Waals surface area (Å²) in [5, 5.41) is 3.51. The van der Waals surface area contributed by atoms with E-state index < -0.39 is 0 Å². The van der Waals surface area contributed by atoms with Crippen molar-refractivity contribution in [3.05, 3.63) is 121 Å². The van der Waals surface area contributed by atoms with Gasteiger partial charge in [-0.3, -0.25) is 0 Å². The highest BCUT2D eigenvalue weighted by molar-refractivity contribution is 7.26. The maximum atomic E-state index is 6.10. The molecule has 5 aromatic carbocycles. The number of hydrogen-bond donors (Lipinski definition) is 0. The zero-order chi connectivity index (χ0) is 25.9. The van der Waals surface area contributed by atoms with Crippen LogP contribution in [-0.2, 0) is 0 Å². The van der Waals surface area contributed by atoms with Crippen molar-refractivity contribution in [1.82, 2.24) is 9.97 Å². The first-order chi connectivity index (χ1) is 19.2. The lowest BCUT2D eigenvalue weighted by atomic mass is 9.99. The minimum Gasteiger partial charge on any atom is -0.456 e. The Morgan fingerprint density at radius 1 is 0.590 bits per heavy atom. The van der Waals surface area contributed by atoms with E-state index in [2.05, 4.69) is 91.9 Å². The van der Waals surface area contributed by atoms with Gasteiger partial charge in [-0.2, -0.15) is 0 Å². The molecule has 3 heterocycles. The highest BCUT2D eigenvalue weighted by atomic mass is 32.1. The van der Waals surface area contributed by atoms with Crippen molar-refractivity contribution in [2.75, 3.05) is 0 Å². The van der Waals surface area contributed by atoms with Crippen molar-refractivity contribution in [2.45, 2.75) is 6.92 Å². The van der Waals surface area contributed by atoms with Gasteiger partial charge in [-0.05, 0) is 47.9 Å². The van der Waals surface area contributed by atoms with Crippen LogP contribution >= 0.6 is 11.3 Å². The van der Waals surface area contributed by atoms with Crippen molar-refractivity contribution in [3.63, 3.8) is 0 Å². The Kier molecular flexibility index (Phi) is 4.91. The molecule has 0 bridgehead atoms. The summed E-state index contributed by atoms with van der Waals surface area (Å²) in [7, 11) is 0. The van der Waals surface area contributed by atoms with Gasteiger partial charge in [-0.15, -0.1) is 11.3 Å². The van der Waals surface area contributed by atoms with Crippen molar-refractivity contribution in [3.8, 4) is 33.8 Å². The summed E-state index contributed by atoms with van der Waals surface area (Å²) in [6.45, 7) is 2.14. The quantitative estimate of drug-likeness (QED) is 0.234. The molecule has 0 fully saturated rings. The van der Waals surface area contributed by atoms with E-state index in [-0.39, 0.29) is 0 Å². The molecule has 0 saturated heterocycles. The molecule has 184 valence electrons. The van der Waals surface area contributed by atoms with E-state index in [1.807, 2.05) is 30.3 Å². The minimum atomic E-state index is 0.749. The molecule has 0 spiro atoms. The van der Waals surface area contributed by atoms with Gasteiger partial charge >= 0.3 is 0 Å². The van der Waals surface area contributed by atoms with E-state index in [0.29, 0.717) is 0 Å². The van der Waals surface area contributed by atoms with Gasteiger partial charge in [0.15, 0.2) is 5.82 Å². The molecule has 0 N–H and O–H groups in total. The Balaban J connectivity index is 1.28. The molecule has 3 nitrogen and oxygen atoms in total. The third-order valence-electron chi connectivity index (χ3n) is 7.45. The molecule has 3 aromatic heterocycles. The van der Waals surface area contributed by atoms with Crippen LogP contribution in [0.4, 0.5) is 0 Å². The average Bonchev–Trinajstić information content (AvgIpc) is 3.56. The molecular weight excluding hydrogens is 496 g/mol. The second kappa shape index (κ2) is 8.62. The maximum Gasteiger partial charge on any atom is 0.160 e. The summed E-state index contributed by atoms with van der Waals surface area (Å²) in [5.74, 6) is 0.749. The van der Waals surface area contributed by atoms with Gasteiger partial charge in [-0.25, -0.2) is 9.97 Å². The number of aromatic nitrogens is 2. The van der Waals surface area contributed by atoms with E-state index in [0.717, 1.165) is 55.0 Å². The van der Waals surface area contributed by atoms with Crippen LogP contribution in [-0.4, -0.2) is 9.97 Å². The first-order valence-corrected chi connectivity index (χ1v) is 13.8. The Morgan fingerprint density at radius 3 is 2.23 bits per heavy atom. The second-order valence-corrected chi connectivity index (χ2v) is 10.9. The molecule has 0 aliphatic heterocycles. The van der Waals surface area contributed by atoms with Crippen molar-refractivity contribution in [2.24, 2.45) is 0 Å². The predicted molar refractivity (Wildman–Crippen MR) is 163 cm³/mol. The number of nitrogens with zero attached hydrogens (tertiary/aromatic N) is 2. The number of rotatable bonds is 3. The standard InChI is InChI=1S/C35H22N2OS/c1-21-8-7-12-29-31(21)27-20-25(18-19-28(27)38-29)22-14-16-23(17-15-22)32-34-33(26-11-5-6-13-30(26)39-34)37-35(36-32)24-9-3-2-4-10-24/h2-20H,1H3. The molecule has 39 heavy (non-hydrogen) atoms. The first-order valence-electron chi connectivity index (χ1n) is 13.0. The van der Waals surface area contributed by atoms with Crippen LogP contribution in [0.25, 0.3) is 76.0 Å². The van der Waals surface area contributed by atoms with Crippen LogP contribution in [0.3, 0.4) is 0 Å². The molecule has 8 rings (SSSR count). The Bertz CT molecular complexity index is 2170. The average molecular weight is 519 g/mol. The van der Waals surface area contributed by atoms with Gasteiger partial charge in [0.05, 0.1) is 15.9 Å². The lowest BCUT2D eigenvalue weighted by Gasteiger charge is -2.08. The second-order valence-electron chi connectivity index (χ2n) is 9.88. The van der Waals surface area contributed by atoms with Crippen LogP contribution in [0.5, 0.6) is 0 Å². The highest BCUT2D eigenvalue weighted by Crippen LogP contribution is 2.40. The highest BCUT2D eigenvalue weighted by Gasteiger charge is 2.17. The molecule has 0 aliphatic carbocycles. The van der Waals surface area contributed by atoms with E-state index >= 15 is 0 Å². The van der Waals surface area contributed by atoms with Gasteiger partial charge in [0.2, 0.25) is 0 Å². The summed E-state index contributed by atoms with van der Waals surface area (Å²) in [6, 6.07) is 40.1. The van der Waals surface area contributed by atoms with E-state index in [9.17, 15) is 0 Å². The van der Waals surface area contributed by atoms with Crippen LogP contribution in [0, 0.1) is 6.92 Å². The smallest absolute Gasteiger partial charge is 0.160 e. The van der Waals surface area contributed by atoms with E-state index in [1.165, 1.54) is 26.6 Å². The van der Waals surface area contributed by atoms with Gasteiger partial charge in [-0.1, -0.05) is 91.0 Å². The maximum absolute atomic E-state index is 6.10. The number of hydrogen-bond acceptors (Lipinski definition) is 4. The Hall–Kier alpha value is -4.80. The lowest BCUT2D eigenvalue weighted by molar-refractivity contribution is 0.669. The van der Waals surface area contributed by atoms with Crippen LogP contribution < -0.4 is 0 Å². The number of fused-ring (bicyclic) bond motifs is 6. The monoisotopic (exact) mass is 518 g/mol. The normalized spacial score (nSPS) is 11.7. The fourth-order valence-corrected chi connectivity index (χ4v) is 6.66. The Labute approximate surface area is 229 Å². The number of furan rings is 1. The topological polar surface area (TPSA) is 38.9 Å². The molecular formula is C35H22N2OS. The van der Waals surface area contributed by atoms with Gasteiger partial charge in [0.1, 0.15) is 11.2 Å². The molecule has 0 aliphatic rings. The molecule has 0 amide bonds. The number of thiophene rings is 1. The fraction of sp³-hybridized carbons (Fsp3) is 0.0286. The number of aryl methyl sites for hydroxylation is 1. The van der Waals surface area contributed by atoms with E-state index in [1.54, 1.807) is 11.3 Å². The zero-order valence-corrected chi connectivity index (χ0v) is 22.0. The third kappa shape index (κ3) is 3.57. The van der Waals surface area contributed by atoms with Gasteiger partial charge in [0, 0.05) is 32.0 Å². The van der Waals surface area contributed by atoms with Gasteiger partial charge < -0.3 is 4.42 Å². The molecule has 0 unspecified atom stereocenters. The summed E-state index contributed by atoms with van der Waals surface area (Å²) in [5.41, 5.74) is 9.49. The van der Waals surface area contributed by atoms with Crippen molar-refractivity contribution >= 4 is 53.6 Å². The van der Waals surface area contributed by atoms with Crippen LogP contribution in [0.15, 0.2) is 120 Å². The summed E-state index contributed by atoms with van der Waals surface area (Å²) >= 11 is 1.76. The van der Waals surface area contributed by atoms with Gasteiger partial charge in [0.25, 0.3) is 0 Å². The molecule has 4 heteroatoms. The SMILES string of the molecule is Cc1cccc2oc3ccc(-c4ccc(-c5nc(-c6ccccc6)nc6c5sc5ccccc56)cc4)cc3c12. The third-order valence-corrected chi connectivity index (χ3v) is 8.61. The number of benzene rings is 5. The summed E-state index contributed by atoms with van der Waals surface area (Å²) in [6.07, 6.45) is 0. The van der Waals surface area contributed by atoms with Crippen LogP contribution in [0.2, 0.25) is 0 Å². The summed E-state index contributed by atoms with van der Waals surface area (Å²) in [4.78, 5) is 10.1. The van der Waals surface area contributed by atoms with Crippen molar-refractivity contribution in [1.29, 1.82) is 0 Å². The Morgan fingerprint density at radius 2 is 1.36 bits per heavy atom. The fourth-order valence-electron chi connectivity index (χ4n) is 5.51. The first kappa shape index (κ1) is 22.2. The summed E-state index contributed by atoms with van der Waals surface area (Å²) < 4.78 is 8.44. The largest absolute Gasteiger partial charge is 0.456 e. The minimum absolute atomic E-state index is 0.749. The van der Waals surface area contributed by atoms with E-state index in [4.69, 9.17) is 14.4 Å². The molecule has 0 radical (unpaired) electrons. The zero-order valence-electron chi connectivity index (χ0n) is 21.2. The predicted octanol–water partition coefficient (Wildman–Crippen LogP) is 10.1. The molecule has 8 aromatic rings. The van der Waals surface area contributed by atoms with Crippen LogP contribution in [0.1, 0.15) is 5.56 Å². The molecule has 0 saturated carbocycles.